The van der Waals surface area contributed by atoms with Crippen LogP contribution in [-0.4, -0.2) is 12.8 Å². The lowest BCUT2D eigenvalue weighted by molar-refractivity contribution is 0.0633. The van der Waals surface area contributed by atoms with E-state index in [0.29, 0.717) is 5.41 Å². The number of nitrogens with two attached hydrogens (primary N) is 1. The second kappa shape index (κ2) is 4.73. The lowest BCUT2D eigenvalue weighted by Gasteiger charge is -2.17. The molecule has 0 aliphatic carbocycles. The van der Waals surface area contributed by atoms with Crippen LogP contribution in [0.2, 0.25) is 0 Å². The Morgan fingerprint density at radius 2 is 1.91 bits per heavy atom. The van der Waals surface area contributed by atoms with Gasteiger partial charge < -0.3 is 10.5 Å². The van der Waals surface area contributed by atoms with Gasteiger partial charge in [0.25, 0.3) is 0 Å². The predicted octanol–water partition coefficient (Wildman–Crippen LogP) is 2.13. The van der Waals surface area contributed by atoms with Gasteiger partial charge in [-0.2, -0.15) is 0 Å². The van der Waals surface area contributed by atoms with Gasteiger partial charge >= 0.3 is 0 Å². The summed E-state index contributed by atoms with van der Waals surface area (Å²) in [5.41, 5.74) is 5.84. The number of ether oxygens (including phenoxy) is 1. The Kier molecular flexibility index (Phi) is 4.69. The van der Waals surface area contributed by atoms with Crippen LogP contribution in [0.3, 0.4) is 0 Å². The first-order valence-electron chi connectivity index (χ1n) is 4.29. The Morgan fingerprint density at radius 1 is 1.36 bits per heavy atom. The number of rotatable bonds is 4. The van der Waals surface area contributed by atoms with Crippen molar-refractivity contribution in [2.75, 3.05) is 6.61 Å². The minimum atomic E-state index is -0.116. The summed E-state index contributed by atoms with van der Waals surface area (Å²) < 4.78 is 5.22. The van der Waals surface area contributed by atoms with Crippen molar-refractivity contribution in [3.63, 3.8) is 0 Å². The van der Waals surface area contributed by atoms with Crippen molar-refractivity contribution in [3.05, 3.63) is 0 Å². The van der Waals surface area contributed by atoms with Crippen LogP contribution in [0.25, 0.3) is 0 Å². The zero-order chi connectivity index (χ0) is 8.91. The van der Waals surface area contributed by atoms with Gasteiger partial charge in [-0.15, -0.1) is 0 Å². The van der Waals surface area contributed by atoms with Gasteiger partial charge in [0.2, 0.25) is 0 Å². The number of hydrogen-bond acceptors (Lipinski definition) is 2. The molecule has 0 saturated carbocycles. The molecule has 11 heavy (non-hydrogen) atoms. The topological polar surface area (TPSA) is 35.2 Å². The van der Waals surface area contributed by atoms with Crippen LogP contribution in [0.5, 0.6) is 0 Å². The van der Waals surface area contributed by atoms with Crippen molar-refractivity contribution in [2.24, 2.45) is 11.1 Å². The highest BCUT2D eigenvalue weighted by molar-refractivity contribution is 4.60. The molecule has 0 aliphatic heterocycles. The highest BCUT2D eigenvalue weighted by Crippen LogP contribution is 2.20. The Morgan fingerprint density at radius 3 is 2.27 bits per heavy atom. The molecular formula is C9H21NO. The molecule has 0 heterocycles. The normalized spacial score (nSPS) is 15.0. The smallest absolute Gasteiger partial charge is 0.102 e. The minimum Gasteiger partial charge on any atom is -0.364 e. The van der Waals surface area contributed by atoms with Gasteiger partial charge in [-0.1, -0.05) is 20.8 Å². The van der Waals surface area contributed by atoms with Crippen molar-refractivity contribution < 1.29 is 4.74 Å². The summed E-state index contributed by atoms with van der Waals surface area (Å²) in [6.45, 7) is 9.35. The number of hydrogen-bond donors (Lipinski definition) is 1. The molecule has 2 heteroatoms. The van der Waals surface area contributed by atoms with Crippen molar-refractivity contribution in [2.45, 2.75) is 46.8 Å². The molecule has 0 aromatic carbocycles. The summed E-state index contributed by atoms with van der Waals surface area (Å²) in [6, 6.07) is 0. The standard InChI is InChI=1S/C9H21NO/c1-8(10)11-7-5-6-9(2,3)4/h8H,5-7,10H2,1-4H3. The molecular weight excluding hydrogens is 138 g/mol. The third kappa shape index (κ3) is 9.92. The van der Waals surface area contributed by atoms with E-state index in [1.807, 2.05) is 6.92 Å². The van der Waals surface area contributed by atoms with E-state index in [1.165, 1.54) is 6.42 Å². The SMILES string of the molecule is CC(N)OCCCC(C)(C)C. The van der Waals surface area contributed by atoms with Crippen LogP contribution in [0.15, 0.2) is 0 Å². The molecule has 2 N–H and O–H groups in total. The molecule has 0 aliphatic rings. The van der Waals surface area contributed by atoms with E-state index in [1.54, 1.807) is 0 Å². The van der Waals surface area contributed by atoms with Crippen LogP contribution in [-0.2, 0) is 4.74 Å². The van der Waals surface area contributed by atoms with Crippen molar-refractivity contribution in [1.29, 1.82) is 0 Å². The maximum Gasteiger partial charge on any atom is 0.102 e. The summed E-state index contributed by atoms with van der Waals surface area (Å²) in [4.78, 5) is 0. The van der Waals surface area contributed by atoms with Crippen molar-refractivity contribution in [3.8, 4) is 0 Å². The van der Waals surface area contributed by atoms with E-state index in [-0.39, 0.29) is 6.23 Å². The minimum absolute atomic E-state index is 0.116. The largest absolute Gasteiger partial charge is 0.364 e. The van der Waals surface area contributed by atoms with Gasteiger partial charge in [-0.05, 0) is 25.2 Å². The summed E-state index contributed by atoms with van der Waals surface area (Å²) >= 11 is 0. The molecule has 1 atom stereocenters. The van der Waals surface area contributed by atoms with Gasteiger partial charge in [-0.25, -0.2) is 0 Å². The second-order valence-electron chi connectivity index (χ2n) is 4.24. The van der Waals surface area contributed by atoms with Crippen LogP contribution in [0.1, 0.15) is 40.5 Å². The molecule has 1 unspecified atom stereocenters. The molecule has 0 radical (unpaired) electrons. The van der Waals surface area contributed by atoms with Crippen LogP contribution in [0, 0.1) is 5.41 Å². The third-order valence-electron chi connectivity index (χ3n) is 1.45. The third-order valence-corrected chi connectivity index (χ3v) is 1.45. The maximum absolute atomic E-state index is 5.42. The molecule has 0 rings (SSSR count). The molecule has 68 valence electrons. The monoisotopic (exact) mass is 159 g/mol. The average molecular weight is 159 g/mol. The van der Waals surface area contributed by atoms with E-state index < -0.39 is 0 Å². The average Bonchev–Trinajstić information content (AvgIpc) is 1.78. The first-order chi connectivity index (χ1) is 4.92. The van der Waals surface area contributed by atoms with Gasteiger partial charge in [0.1, 0.15) is 6.23 Å². The zero-order valence-corrected chi connectivity index (χ0v) is 8.18. The van der Waals surface area contributed by atoms with Crippen LogP contribution < -0.4 is 5.73 Å². The van der Waals surface area contributed by atoms with E-state index in [0.717, 1.165) is 13.0 Å². The fourth-order valence-corrected chi connectivity index (χ4v) is 0.872. The van der Waals surface area contributed by atoms with Crippen molar-refractivity contribution >= 4 is 0 Å². The Labute approximate surface area is 70.1 Å². The highest BCUT2D eigenvalue weighted by atomic mass is 16.5. The lowest BCUT2D eigenvalue weighted by atomic mass is 9.91. The molecule has 0 saturated heterocycles. The van der Waals surface area contributed by atoms with Crippen molar-refractivity contribution in [1.82, 2.24) is 0 Å². The van der Waals surface area contributed by atoms with Gasteiger partial charge in [0, 0.05) is 6.61 Å². The quantitative estimate of drug-likeness (QED) is 0.504. The van der Waals surface area contributed by atoms with E-state index in [4.69, 9.17) is 10.5 Å². The van der Waals surface area contributed by atoms with Gasteiger partial charge in [0.15, 0.2) is 0 Å². The van der Waals surface area contributed by atoms with E-state index in [2.05, 4.69) is 20.8 Å². The van der Waals surface area contributed by atoms with Crippen LogP contribution in [0.4, 0.5) is 0 Å². The molecule has 2 nitrogen and oxygen atoms in total. The fourth-order valence-electron chi connectivity index (χ4n) is 0.872. The summed E-state index contributed by atoms with van der Waals surface area (Å²) in [5.74, 6) is 0. The predicted molar refractivity (Wildman–Crippen MR) is 48.3 cm³/mol. The van der Waals surface area contributed by atoms with Crippen LogP contribution >= 0.6 is 0 Å². The highest BCUT2D eigenvalue weighted by Gasteiger charge is 2.08. The molecule has 0 aromatic rings. The Bertz CT molecular complexity index is 94.2. The molecule has 0 spiro atoms. The fraction of sp³-hybridized carbons (Fsp3) is 1.00. The molecule has 0 amide bonds. The molecule has 0 bridgehead atoms. The molecule has 0 fully saturated rings. The Hall–Kier alpha value is -0.0800. The van der Waals surface area contributed by atoms with Gasteiger partial charge in [-0.3, -0.25) is 0 Å². The summed E-state index contributed by atoms with van der Waals surface area (Å²) in [7, 11) is 0. The zero-order valence-electron chi connectivity index (χ0n) is 8.18. The summed E-state index contributed by atoms with van der Waals surface area (Å²) in [5, 5.41) is 0. The van der Waals surface area contributed by atoms with Gasteiger partial charge in [0.05, 0.1) is 0 Å². The Balaban J connectivity index is 3.15. The maximum atomic E-state index is 5.42. The second-order valence-corrected chi connectivity index (χ2v) is 4.24. The molecule has 0 aromatic heterocycles. The first kappa shape index (κ1) is 10.9. The van der Waals surface area contributed by atoms with E-state index >= 15 is 0 Å². The summed E-state index contributed by atoms with van der Waals surface area (Å²) in [6.07, 6.45) is 2.18. The lowest BCUT2D eigenvalue weighted by Crippen LogP contribution is -2.20. The van der Waals surface area contributed by atoms with E-state index in [9.17, 15) is 0 Å². The first-order valence-corrected chi connectivity index (χ1v) is 4.29.